The molecule has 0 aromatic carbocycles. The lowest BCUT2D eigenvalue weighted by Crippen LogP contribution is -2.41. The molecular weight excluding hydrogens is 240 g/mol. The normalized spacial score (nSPS) is 37.6. The minimum absolute atomic E-state index is 0.0817. The fourth-order valence-corrected chi connectivity index (χ4v) is 4.48. The molecule has 3 atom stereocenters. The van der Waals surface area contributed by atoms with Crippen LogP contribution in [0.5, 0.6) is 0 Å². The first-order valence-corrected chi connectivity index (χ1v) is 8.16. The van der Waals surface area contributed by atoms with Crippen molar-refractivity contribution in [3.8, 4) is 0 Å². The van der Waals surface area contributed by atoms with Crippen LogP contribution in [0.1, 0.15) is 13.3 Å². The molecule has 2 rings (SSSR count). The van der Waals surface area contributed by atoms with Gasteiger partial charge in [-0.3, -0.25) is 0 Å². The summed E-state index contributed by atoms with van der Waals surface area (Å²) in [5, 5.41) is 12.9. The molecule has 6 heteroatoms. The van der Waals surface area contributed by atoms with Gasteiger partial charge in [0.2, 0.25) is 0 Å². The molecule has 0 radical (unpaired) electrons. The summed E-state index contributed by atoms with van der Waals surface area (Å²) in [6.45, 7) is 6.27. The van der Waals surface area contributed by atoms with Gasteiger partial charge in [0.1, 0.15) is 0 Å². The number of likely N-dealkylation sites (tertiary alicyclic amines) is 1. The van der Waals surface area contributed by atoms with Crippen molar-refractivity contribution in [1.29, 1.82) is 0 Å². The van der Waals surface area contributed by atoms with Gasteiger partial charge in [-0.1, -0.05) is 6.92 Å². The molecular formula is C11H22N2O3S. The number of nitrogens with one attached hydrogen (secondary N) is 1. The zero-order valence-corrected chi connectivity index (χ0v) is 11.1. The van der Waals surface area contributed by atoms with Crippen molar-refractivity contribution in [2.75, 3.05) is 37.7 Å². The van der Waals surface area contributed by atoms with E-state index in [1.165, 1.54) is 0 Å². The fraction of sp³-hybridized carbons (Fsp3) is 1.00. The maximum Gasteiger partial charge on any atom is 0.154 e. The molecule has 0 amide bonds. The summed E-state index contributed by atoms with van der Waals surface area (Å²) < 4.78 is 22.7. The number of rotatable bonds is 4. The molecule has 0 aromatic heterocycles. The second-order valence-corrected chi connectivity index (χ2v) is 7.36. The second-order valence-electron chi connectivity index (χ2n) is 5.21. The third-order valence-electron chi connectivity index (χ3n) is 3.81. The van der Waals surface area contributed by atoms with E-state index in [0.29, 0.717) is 5.92 Å². The Morgan fingerprint density at radius 1 is 1.41 bits per heavy atom. The zero-order valence-electron chi connectivity index (χ0n) is 10.3. The summed E-state index contributed by atoms with van der Waals surface area (Å²) in [6.07, 6.45) is 0.430. The van der Waals surface area contributed by atoms with Crippen molar-refractivity contribution in [2.24, 2.45) is 5.92 Å². The maximum absolute atomic E-state index is 11.3. The van der Waals surface area contributed by atoms with E-state index in [2.05, 4.69) is 17.1 Å². The van der Waals surface area contributed by atoms with Gasteiger partial charge >= 0.3 is 0 Å². The van der Waals surface area contributed by atoms with E-state index >= 15 is 0 Å². The molecule has 0 bridgehead atoms. The van der Waals surface area contributed by atoms with Crippen LogP contribution in [0, 0.1) is 5.92 Å². The van der Waals surface area contributed by atoms with Gasteiger partial charge in [-0.25, -0.2) is 8.42 Å². The standard InChI is InChI=1S/C11H22N2O3S/c1-2-13-4-3-9(6-13)5-12-10-7-17(15,16)8-11(10)14/h9-12,14H,2-8H2,1H3. The molecule has 0 aliphatic carbocycles. The zero-order chi connectivity index (χ0) is 12.5. The summed E-state index contributed by atoms with van der Waals surface area (Å²) in [5.41, 5.74) is 0. The molecule has 2 heterocycles. The Kier molecular flexibility index (Phi) is 4.07. The van der Waals surface area contributed by atoms with Crippen LogP contribution in [0.4, 0.5) is 0 Å². The van der Waals surface area contributed by atoms with Crippen LogP contribution in [0.15, 0.2) is 0 Å². The first kappa shape index (κ1) is 13.3. The predicted molar refractivity (Wildman–Crippen MR) is 66.7 cm³/mol. The van der Waals surface area contributed by atoms with Crippen LogP contribution in [-0.2, 0) is 9.84 Å². The molecule has 0 saturated carbocycles. The maximum atomic E-state index is 11.3. The molecule has 2 fully saturated rings. The van der Waals surface area contributed by atoms with Crippen LogP contribution in [0.25, 0.3) is 0 Å². The largest absolute Gasteiger partial charge is 0.390 e. The van der Waals surface area contributed by atoms with Crippen molar-refractivity contribution >= 4 is 9.84 Å². The van der Waals surface area contributed by atoms with Gasteiger partial charge in [-0.05, 0) is 32.0 Å². The van der Waals surface area contributed by atoms with E-state index in [0.717, 1.165) is 32.6 Å². The monoisotopic (exact) mass is 262 g/mol. The highest BCUT2D eigenvalue weighted by Crippen LogP contribution is 2.17. The van der Waals surface area contributed by atoms with Crippen molar-refractivity contribution in [3.05, 3.63) is 0 Å². The SMILES string of the molecule is CCN1CCC(CNC2CS(=O)(=O)CC2O)C1. The first-order chi connectivity index (χ1) is 8.00. The van der Waals surface area contributed by atoms with Gasteiger partial charge in [-0.15, -0.1) is 0 Å². The smallest absolute Gasteiger partial charge is 0.154 e. The fourth-order valence-electron chi connectivity index (χ4n) is 2.71. The lowest BCUT2D eigenvalue weighted by molar-refractivity contribution is 0.163. The minimum atomic E-state index is -3.03. The van der Waals surface area contributed by atoms with E-state index in [-0.39, 0.29) is 17.5 Å². The van der Waals surface area contributed by atoms with E-state index in [1.807, 2.05) is 0 Å². The molecule has 2 aliphatic heterocycles. The minimum Gasteiger partial charge on any atom is -0.390 e. The Morgan fingerprint density at radius 2 is 2.18 bits per heavy atom. The highest BCUT2D eigenvalue weighted by Gasteiger charge is 2.36. The number of hydrogen-bond donors (Lipinski definition) is 2. The molecule has 0 aromatic rings. The Balaban J connectivity index is 1.76. The third kappa shape index (κ3) is 3.40. The molecule has 2 aliphatic rings. The highest BCUT2D eigenvalue weighted by molar-refractivity contribution is 7.91. The molecule has 17 heavy (non-hydrogen) atoms. The van der Waals surface area contributed by atoms with Crippen LogP contribution < -0.4 is 5.32 Å². The van der Waals surface area contributed by atoms with Gasteiger partial charge in [0.25, 0.3) is 0 Å². The topological polar surface area (TPSA) is 69.6 Å². The summed E-state index contributed by atoms with van der Waals surface area (Å²) in [6, 6.07) is -0.268. The molecule has 5 nitrogen and oxygen atoms in total. The van der Waals surface area contributed by atoms with Gasteiger partial charge in [0.15, 0.2) is 9.84 Å². The summed E-state index contributed by atoms with van der Waals surface area (Å²) in [4.78, 5) is 2.40. The van der Waals surface area contributed by atoms with Crippen molar-refractivity contribution in [1.82, 2.24) is 10.2 Å². The highest BCUT2D eigenvalue weighted by atomic mass is 32.2. The number of aliphatic hydroxyl groups excluding tert-OH is 1. The van der Waals surface area contributed by atoms with Crippen molar-refractivity contribution in [2.45, 2.75) is 25.5 Å². The second kappa shape index (κ2) is 5.22. The number of hydrogen-bond acceptors (Lipinski definition) is 5. The van der Waals surface area contributed by atoms with E-state index in [1.54, 1.807) is 0 Å². The Bertz CT molecular complexity index is 358. The molecule has 3 unspecified atom stereocenters. The predicted octanol–water partition coefficient (Wildman–Crippen LogP) is -0.924. The average Bonchev–Trinajstić information content (AvgIpc) is 2.79. The lowest BCUT2D eigenvalue weighted by Gasteiger charge is -2.18. The van der Waals surface area contributed by atoms with Crippen LogP contribution >= 0.6 is 0 Å². The number of aliphatic hydroxyl groups is 1. The molecule has 100 valence electrons. The van der Waals surface area contributed by atoms with Crippen LogP contribution in [0.3, 0.4) is 0 Å². The Hall–Kier alpha value is -0.170. The van der Waals surface area contributed by atoms with Crippen molar-refractivity contribution < 1.29 is 13.5 Å². The quantitative estimate of drug-likeness (QED) is 0.685. The van der Waals surface area contributed by atoms with Gasteiger partial charge in [0.05, 0.1) is 17.6 Å². The number of sulfone groups is 1. The van der Waals surface area contributed by atoms with Gasteiger partial charge in [-0.2, -0.15) is 0 Å². The van der Waals surface area contributed by atoms with Gasteiger partial charge in [0, 0.05) is 12.6 Å². The third-order valence-corrected chi connectivity index (χ3v) is 5.52. The van der Waals surface area contributed by atoms with Crippen LogP contribution in [-0.4, -0.2) is 68.3 Å². The van der Waals surface area contributed by atoms with Crippen molar-refractivity contribution in [3.63, 3.8) is 0 Å². The lowest BCUT2D eigenvalue weighted by atomic mass is 10.1. The van der Waals surface area contributed by atoms with Crippen LogP contribution in [0.2, 0.25) is 0 Å². The Morgan fingerprint density at radius 3 is 2.71 bits per heavy atom. The number of nitrogens with zero attached hydrogens (tertiary/aromatic N) is 1. The van der Waals surface area contributed by atoms with E-state index in [4.69, 9.17) is 0 Å². The Labute approximate surface area is 103 Å². The average molecular weight is 262 g/mol. The van der Waals surface area contributed by atoms with E-state index in [9.17, 15) is 13.5 Å². The summed E-state index contributed by atoms with van der Waals surface area (Å²) in [5.74, 6) is 0.583. The molecule has 2 N–H and O–H groups in total. The first-order valence-electron chi connectivity index (χ1n) is 6.34. The molecule has 0 spiro atoms. The van der Waals surface area contributed by atoms with E-state index < -0.39 is 15.9 Å². The summed E-state index contributed by atoms with van der Waals surface area (Å²) in [7, 11) is -3.03. The summed E-state index contributed by atoms with van der Waals surface area (Å²) >= 11 is 0. The van der Waals surface area contributed by atoms with Gasteiger partial charge < -0.3 is 15.3 Å². The molecule has 2 saturated heterocycles.